The van der Waals surface area contributed by atoms with Gasteiger partial charge >= 0.3 is 5.97 Å². The van der Waals surface area contributed by atoms with Crippen molar-refractivity contribution < 1.29 is 9.90 Å². The van der Waals surface area contributed by atoms with Gasteiger partial charge in [0.1, 0.15) is 5.41 Å². The Morgan fingerprint density at radius 2 is 2.06 bits per heavy atom. The minimum absolute atomic E-state index is 0.0253. The summed E-state index contributed by atoms with van der Waals surface area (Å²) in [6.07, 6.45) is 0.976. The van der Waals surface area contributed by atoms with Gasteiger partial charge in [-0.2, -0.15) is 0 Å². The summed E-state index contributed by atoms with van der Waals surface area (Å²) in [5.41, 5.74) is -0.362. The Bertz CT molecular complexity index is 410. The Morgan fingerprint density at radius 3 is 2.53 bits per heavy atom. The molecular formula is C12H20N2O2S. The van der Waals surface area contributed by atoms with Crippen LogP contribution >= 0.6 is 11.3 Å². The molecule has 0 aliphatic carbocycles. The molecule has 1 heterocycles. The second-order valence-electron chi connectivity index (χ2n) is 5.33. The third-order valence-corrected chi connectivity index (χ3v) is 3.77. The van der Waals surface area contributed by atoms with Crippen molar-refractivity contribution in [2.75, 3.05) is 5.32 Å². The molecule has 1 aromatic rings. The predicted molar refractivity (Wildman–Crippen MR) is 70.8 cm³/mol. The molecule has 0 amide bonds. The van der Waals surface area contributed by atoms with Crippen molar-refractivity contribution in [3.63, 3.8) is 0 Å². The van der Waals surface area contributed by atoms with Gasteiger partial charge in [-0.05, 0) is 34.1 Å². The number of carboxylic acid groups (broad SMARTS) is 1. The van der Waals surface area contributed by atoms with E-state index < -0.39 is 11.4 Å². The lowest BCUT2D eigenvalue weighted by molar-refractivity contribution is -0.142. The zero-order valence-corrected chi connectivity index (χ0v) is 11.8. The maximum Gasteiger partial charge on any atom is 0.315 e. The molecule has 0 fully saturated rings. The van der Waals surface area contributed by atoms with Crippen LogP contribution in [0.2, 0.25) is 0 Å². The Hall–Kier alpha value is -1.10. The molecule has 0 saturated carbocycles. The Labute approximate surface area is 106 Å². The van der Waals surface area contributed by atoms with E-state index in [-0.39, 0.29) is 5.54 Å². The van der Waals surface area contributed by atoms with Gasteiger partial charge in [-0.3, -0.25) is 4.79 Å². The summed E-state index contributed by atoms with van der Waals surface area (Å²) in [5, 5.41) is 15.0. The third-order valence-electron chi connectivity index (χ3n) is 3.01. The van der Waals surface area contributed by atoms with E-state index in [1.807, 2.05) is 5.38 Å². The van der Waals surface area contributed by atoms with E-state index in [1.54, 1.807) is 13.8 Å². The van der Waals surface area contributed by atoms with E-state index in [2.05, 4.69) is 31.1 Å². The fourth-order valence-electron chi connectivity index (χ4n) is 1.11. The van der Waals surface area contributed by atoms with Crippen LogP contribution in [-0.2, 0) is 10.2 Å². The average Bonchev–Trinajstić information content (AvgIpc) is 2.65. The van der Waals surface area contributed by atoms with E-state index in [0.717, 1.165) is 11.6 Å². The van der Waals surface area contributed by atoms with Crippen LogP contribution in [0, 0.1) is 0 Å². The molecule has 17 heavy (non-hydrogen) atoms. The highest BCUT2D eigenvalue weighted by Gasteiger charge is 2.32. The van der Waals surface area contributed by atoms with E-state index in [1.165, 1.54) is 11.3 Å². The summed E-state index contributed by atoms with van der Waals surface area (Å²) in [6.45, 7) is 9.62. The topological polar surface area (TPSA) is 62.2 Å². The summed E-state index contributed by atoms with van der Waals surface area (Å²) in [4.78, 5) is 15.5. The number of thiazole rings is 1. The summed E-state index contributed by atoms with van der Waals surface area (Å²) in [7, 11) is 0. The minimum atomic E-state index is -0.938. The quantitative estimate of drug-likeness (QED) is 0.849. The maximum atomic E-state index is 11.1. The number of aromatic nitrogens is 1. The lowest BCUT2D eigenvalue weighted by atomic mass is 9.90. The normalized spacial score (nSPS) is 12.5. The van der Waals surface area contributed by atoms with E-state index in [9.17, 15) is 4.79 Å². The predicted octanol–water partition coefficient (Wildman–Crippen LogP) is 3.11. The number of rotatable bonds is 5. The molecule has 0 aromatic carbocycles. The Morgan fingerprint density at radius 1 is 1.47 bits per heavy atom. The molecule has 2 N–H and O–H groups in total. The van der Waals surface area contributed by atoms with Crippen molar-refractivity contribution in [1.29, 1.82) is 0 Å². The molecule has 96 valence electrons. The zero-order chi connectivity index (χ0) is 13.3. The number of carbonyl (C=O) groups is 1. The van der Waals surface area contributed by atoms with Crippen LogP contribution in [0.3, 0.4) is 0 Å². The van der Waals surface area contributed by atoms with Gasteiger partial charge in [0.25, 0.3) is 0 Å². The van der Waals surface area contributed by atoms with Crippen molar-refractivity contribution in [2.45, 2.75) is 52.0 Å². The minimum Gasteiger partial charge on any atom is -0.481 e. The average molecular weight is 256 g/mol. The number of anilines is 1. The lowest BCUT2D eigenvalue weighted by Gasteiger charge is -2.24. The molecule has 0 aliphatic heterocycles. The number of hydrogen-bond acceptors (Lipinski definition) is 4. The molecule has 0 aliphatic rings. The van der Waals surface area contributed by atoms with Crippen LogP contribution in [0.15, 0.2) is 5.38 Å². The fraction of sp³-hybridized carbons (Fsp3) is 0.667. The first-order valence-corrected chi connectivity index (χ1v) is 6.54. The lowest BCUT2D eigenvalue weighted by Crippen LogP contribution is -2.31. The van der Waals surface area contributed by atoms with Gasteiger partial charge in [-0.1, -0.05) is 6.92 Å². The molecular weight excluding hydrogens is 236 g/mol. The van der Waals surface area contributed by atoms with Gasteiger partial charge in [0.05, 0.1) is 5.69 Å². The molecule has 0 spiro atoms. The first-order valence-electron chi connectivity index (χ1n) is 5.66. The first kappa shape index (κ1) is 14.0. The molecule has 0 saturated heterocycles. The van der Waals surface area contributed by atoms with Gasteiger partial charge in [0.15, 0.2) is 5.13 Å². The van der Waals surface area contributed by atoms with Crippen molar-refractivity contribution >= 4 is 22.4 Å². The number of aliphatic carboxylic acids is 1. The summed E-state index contributed by atoms with van der Waals surface area (Å²) in [6, 6.07) is 0. The van der Waals surface area contributed by atoms with Crippen molar-refractivity contribution in [1.82, 2.24) is 4.98 Å². The largest absolute Gasteiger partial charge is 0.481 e. The van der Waals surface area contributed by atoms with Gasteiger partial charge in [0, 0.05) is 10.9 Å². The van der Waals surface area contributed by atoms with Crippen LogP contribution in [0.1, 0.15) is 46.7 Å². The number of nitrogens with one attached hydrogen (secondary N) is 1. The van der Waals surface area contributed by atoms with Crippen molar-refractivity contribution in [3.8, 4) is 0 Å². The molecule has 4 nitrogen and oxygen atoms in total. The van der Waals surface area contributed by atoms with Crippen LogP contribution in [-0.4, -0.2) is 21.6 Å². The summed E-state index contributed by atoms with van der Waals surface area (Å²) < 4.78 is 0. The SMILES string of the molecule is CCC(C)(C)Nc1nc(C(C)(C)C(=O)O)cs1. The van der Waals surface area contributed by atoms with Gasteiger partial charge in [-0.25, -0.2) is 4.98 Å². The molecule has 0 unspecified atom stereocenters. The zero-order valence-electron chi connectivity index (χ0n) is 11.0. The maximum absolute atomic E-state index is 11.1. The second-order valence-corrected chi connectivity index (χ2v) is 6.19. The Kier molecular flexibility index (Phi) is 3.81. The number of hydrogen-bond donors (Lipinski definition) is 2. The smallest absolute Gasteiger partial charge is 0.315 e. The highest BCUT2D eigenvalue weighted by molar-refractivity contribution is 7.13. The number of carboxylic acids is 1. The molecule has 5 heteroatoms. The summed E-state index contributed by atoms with van der Waals surface area (Å²) in [5.74, 6) is -0.857. The fourth-order valence-corrected chi connectivity index (χ4v) is 2.16. The monoisotopic (exact) mass is 256 g/mol. The highest BCUT2D eigenvalue weighted by Crippen LogP contribution is 2.29. The van der Waals surface area contributed by atoms with Gasteiger partial charge < -0.3 is 10.4 Å². The van der Waals surface area contributed by atoms with Crippen LogP contribution in [0.25, 0.3) is 0 Å². The molecule has 0 atom stereocenters. The third kappa shape index (κ3) is 3.19. The highest BCUT2D eigenvalue weighted by atomic mass is 32.1. The standard InChI is InChI=1S/C12H20N2O2S/c1-6-11(2,3)14-10-13-8(7-17-10)12(4,5)9(15)16/h7H,6H2,1-5H3,(H,13,14)(H,15,16). The van der Waals surface area contributed by atoms with Crippen molar-refractivity contribution in [3.05, 3.63) is 11.1 Å². The molecule has 1 aromatic heterocycles. The Balaban J connectivity index is 2.90. The van der Waals surface area contributed by atoms with Gasteiger partial charge in [-0.15, -0.1) is 11.3 Å². The van der Waals surface area contributed by atoms with Crippen LogP contribution in [0.5, 0.6) is 0 Å². The van der Waals surface area contributed by atoms with Crippen LogP contribution < -0.4 is 5.32 Å². The molecule has 0 bridgehead atoms. The van der Waals surface area contributed by atoms with Gasteiger partial charge in [0.2, 0.25) is 0 Å². The van der Waals surface area contributed by atoms with E-state index in [0.29, 0.717) is 5.69 Å². The second kappa shape index (κ2) is 4.64. The van der Waals surface area contributed by atoms with Crippen LogP contribution in [0.4, 0.5) is 5.13 Å². The first-order chi connectivity index (χ1) is 7.69. The molecule has 0 radical (unpaired) electrons. The summed E-state index contributed by atoms with van der Waals surface area (Å²) >= 11 is 1.45. The van der Waals surface area contributed by atoms with E-state index in [4.69, 9.17) is 5.11 Å². The number of nitrogens with zero attached hydrogens (tertiary/aromatic N) is 1. The molecule has 1 rings (SSSR count). The van der Waals surface area contributed by atoms with Crippen molar-refractivity contribution in [2.24, 2.45) is 0 Å². The van der Waals surface area contributed by atoms with E-state index >= 15 is 0 Å².